The van der Waals surface area contributed by atoms with Crippen molar-refractivity contribution in [3.05, 3.63) is 42.2 Å². The maximum absolute atomic E-state index is 13.5. The van der Waals surface area contributed by atoms with Crippen molar-refractivity contribution in [1.82, 2.24) is 9.97 Å². The average molecular weight is 278 g/mol. The summed E-state index contributed by atoms with van der Waals surface area (Å²) in [5.41, 5.74) is 0.0130. The van der Waals surface area contributed by atoms with Crippen molar-refractivity contribution in [3.8, 4) is 0 Å². The van der Waals surface area contributed by atoms with Crippen LogP contribution in [0.1, 0.15) is 20.8 Å². The highest BCUT2D eigenvalue weighted by Gasteiger charge is 2.11. The Hall–Kier alpha value is -2.24. The topological polar surface area (TPSA) is 49.8 Å². The second kappa shape index (κ2) is 5.40. The molecule has 0 aliphatic rings. The summed E-state index contributed by atoms with van der Waals surface area (Å²) in [6.45, 7) is 6.01. The van der Waals surface area contributed by atoms with Crippen LogP contribution in [0, 0.1) is 11.6 Å². The molecular weight excluding hydrogens is 262 g/mol. The van der Waals surface area contributed by atoms with Gasteiger partial charge >= 0.3 is 0 Å². The SMILES string of the molecule is CC(C)(C)Nc1cc(Nc2ccc(F)cc2F)ncn1. The molecule has 20 heavy (non-hydrogen) atoms. The number of benzene rings is 1. The van der Waals surface area contributed by atoms with E-state index >= 15 is 0 Å². The highest BCUT2D eigenvalue weighted by Crippen LogP contribution is 2.21. The molecule has 0 fully saturated rings. The molecular formula is C14H16F2N4. The third-order valence-electron chi connectivity index (χ3n) is 2.36. The Morgan fingerprint density at radius 2 is 1.70 bits per heavy atom. The van der Waals surface area contributed by atoms with Gasteiger partial charge in [-0.1, -0.05) is 0 Å². The van der Waals surface area contributed by atoms with Crippen LogP contribution < -0.4 is 10.6 Å². The van der Waals surface area contributed by atoms with Gasteiger partial charge in [-0.3, -0.25) is 0 Å². The molecule has 0 bridgehead atoms. The largest absolute Gasteiger partial charge is 0.365 e. The van der Waals surface area contributed by atoms with Gasteiger partial charge in [0.25, 0.3) is 0 Å². The van der Waals surface area contributed by atoms with E-state index in [1.807, 2.05) is 20.8 Å². The smallest absolute Gasteiger partial charge is 0.149 e. The Kier molecular flexibility index (Phi) is 3.83. The van der Waals surface area contributed by atoms with Gasteiger partial charge in [-0.25, -0.2) is 18.7 Å². The lowest BCUT2D eigenvalue weighted by Crippen LogP contribution is -2.26. The molecule has 0 aliphatic heterocycles. The van der Waals surface area contributed by atoms with E-state index in [1.165, 1.54) is 18.5 Å². The molecule has 2 N–H and O–H groups in total. The first kappa shape index (κ1) is 14.2. The molecule has 6 heteroatoms. The van der Waals surface area contributed by atoms with Crippen LogP contribution in [0.4, 0.5) is 26.1 Å². The zero-order valence-corrected chi connectivity index (χ0v) is 11.5. The standard InChI is InChI=1S/C14H16F2N4/c1-14(2,3)20-13-7-12(17-8-18-13)19-11-5-4-9(15)6-10(11)16/h4-8H,1-3H3,(H2,17,18,19,20). The van der Waals surface area contributed by atoms with E-state index in [2.05, 4.69) is 20.6 Å². The van der Waals surface area contributed by atoms with Gasteiger partial charge in [-0.05, 0) is 32.9 Å². The fraction of sp³-hybridized carbons (Fsp3) is 0.286. The molecule has 0 amide bonds. The molecule has 0 aliphatic carbocycles. The van der Waals surface area contributed by atoms with Crippen LogP contribution in [-0.4, -0.2) is 15.5 Å². The highest BCUT2D eigenvalue weighted by molar-refractivity contribution is 5.59. The summed E-state index contributed by atoms with van der Waals surface area (Å²) in [5.74, 6) is -0.241. The summed E-state index contributed by atoms with van der Waals surface area (Å²) in [6.07, 6.45) is 1.37. The Balaban J connectivity index is 2.19. The lowest BCUT2D eigenvalue weighted by atomic mass is 10.1. The predicted molar refractivity (Wildman–Crippen MR) is 75.0 cm³/mol. The minimum absolute atomic E-state index is 0.146. The van der Waals surface area contributed by atoms with Crippen molar-refractivity contribution in [3.63, 3.8) is 0 Å². The second-order valence-electron chi connectivity index (χ2n) is 5.41. The quantitative estimate of drug-likeness (QED) is 0.898. The van der Waals surface area contributed by atoms with Crippen LogP contribution in [0.5, 0.6) is 0 Å². The normalized spacial score (nSPS) is 11.2. The van der Waals surface area contributed by atoms with E-state index in [0.717, 1.165) is 6.07 Å². The molecule has 0 unspecified atom stereocenters. The van der Waals surface area contributed by atoms with Crippen LogP contribution in [0.2, 0.25) is 0 Å². The average Bonchev–Trinajstić information content (AvgIpc) is 2.31. The van der Waals surface area contributed by atoms with Gasteiger partial charge in [0.05, 0.1) is 5.69 Å². The minimum Gasteiger partial charge on any atom is -0.365 e. The number of anilines is 3. The summed E-state index contributed by atoms with van der Waals surface area (Å²) < 4.78 is 26.4. The van der Waals surface area contributed by atoms with Crippen molar-refractivity contribution in [2.24, 2.45) is 0 Å². The van der Waals surface area contributed by atoms with Gasteiger partial charge in [-0.2, -0.15) is 0 Å². The summed E-state index contributed by atoms with van der Waals surface area (Å²) in [7, 11) is 0. The molecule has 0 saturated carbocycles. The van der Waals surface area contributed by atoms with Crippen molar-refractivity contribution in [1.29, 1.82) is 0 Å². The van der Waals surface area contributed by atoms with Crippen molar-refractivity contribution >= 4 is 17.3 Å². The van der Waals surface area contributed by atoms with Crippen LogP contribution >= 0.6 is 0 Å². The molecule has 2 aromatic rings. The van der Waals surface area contributed by atoms with E-state index in [-0.39, 0.29) is 11.2 Å². The molecule has 0 radical (unpaired) electrons. The van der Waals surface area contributed by atoms with Crippen molar-refractivity contribution in [2.75, 3.05) is 10.6 Å². The predicted octanol–water partition coefficient (Wildman–Crippen LogP) is 3.71. The maximum Gasteiger partial charge on any atom is 0.149 e. The first-order valence-corrected chi connectivity index (χ1v) is 6.16. The van der Waals surface area contributed by atoms with Crippen molar-refractivity contribution in [2.45, 2.75) is 26.3 Å². The molecule has 1 aromatic heterocycles. The maximum atomic E-state index is 13.5. The van der Waals surface area contributed by atoms with Crippen LogP contribution in [-0.2, 0) is 0 Å². The lowest BCUT2D eigenvalue weighted by Gasteiger charge is -2.21. The van der Waals surface area contributed by atoms with Crippen LogP contribution in [0.15, 0.2) is 30.6 Å². The monoisotopic (exact) mass is 278 g/mol. The molecule has 4 nitrogen and oxygen atoms in total. The zero-order valence-electron chi connectivity index (χ0n) is 11.5. The number of nitrogens with one attached hydrogen (secondary N) is 2. The van der Waals surface area contributed by atoms with Gasteiger partial charge in [0.15, 0.2) is 0 Å². The number of hydrogen-bond donors (Lipinski definition) is 2. The second-order valence-corrected chi connectivity index (χ2v) is 5.41. The number of hydrogen-bond acceptors (Lipinski definition) is 4. The summed E-state index contributed by atoms with van der Waals surface area (Å²) in [6, 6.07) is 4.98. The van der Waals surface area contributed by atoms with Gasteiger partial charge in [0, 0.05) is 17.7 Å². The molecule has 106 valence electrons. The molecule has 0 atom stereocenters. The first-order chi connectivity index (χ1) is 9.33. The summed E-state index contributed by atoms with van der Waals surface area (Å²) >= 11 is 0. The van der Waals surface area contributed by atoms with Gasteiger partial charge < -0.3 is 10.6 Å². The van der Waals surface area contributed by atoms with Gasteiger partial charge in [-0.15, -0.1) is 0 Å². The minimum atomic E-state index is -0.672. The Bertz CT molecular complexity index is 608. The molecule has 1 heterocycles. The van der Waals surface area contributed by atoms with E-state index in [9.17, 15) is 8.78 Å². The molecule has 2 rings (SSSR count). The summed E-state index contributed by atoms with van der Waals surface area (Å²) in [5, 5.41) is 5.98. The number of aromatic nitrogens is 2. The zero-order chi connectivity index (χ0) is 14.8. The number of rotatable bonds is 3. The fourth-order valence-corrected chi connectivity index (χ4v) is 1.61. The van der Waals surface area contributed by atoms with Crippen molar-refractivity contribution < 1.29 is 8.78 Å². The summed E-state index contributed by atoms with van der Waals surface area (Å²) in [4.78, 5) is 8.09. The first-order valence-electron chi connectivity index (χ1n) is 6.16. The third kappa shape index (κ3) is 3.88. The van der Waals surface area contributed by atoms with Gasteiger partial charge in [0.2, 0.25) is 0 Å². The van der Waals surface area contributed by atoms with E-state index in [0.29, 0.717) is 11.6 Å². The Morgan fingerprint density at radius 1 is 1.00 bits per heavy atom. The van der Waals surface area contributed by atoms with Crippen LogP contribution in [0.3, 0.4) is 0 Å². The molecule has 0 spiro atoms. The lowest BCUT2D eigenvalue weighted by molar-refractivity contribution is 0.586. The fourth-order valence-electron chi connectivity index (χ4n) is 1.61. The number of halogens is 2. The Labute approximate surface area is 116 Å². The molecule has 0 saturated heterocycles. The Morgan fingerprint density at radius 3 is 2.35 bits per heavy atom. The third-order valence-corrected chi connectivity index (χ3v) is 2.36. The van der Waals surface area contributed by atoms with E-state index < -0.39 is 11.6 Å². The van der Waals surface area contributed by atoms with Gasteiger partial charge in [0.1, 0.15) is 29.6 Å². The van der Waals surface area contributed by atoms with E-state index in [4.69, 9.17) is 0 Å². The number of nitrogens with zero attached hydrogens (tertiary/aromatic N) is 2. The van der Waals surface area contributed by atoms with E-state index in [1.54, 1.807) is 6.07 Å². The molecule has 1 aromatic carbocycles. The highest BCUT2D eigenvalue weighted by atomic mass is 19.1. The van der Waals surface area contributed by atoms with Crippen LogP contribution in [0.25, 0.3) is 0 Å².